The molecule has 6 nitrogen and oxygen atoms in total. The topological polar surface area (TPSA) is 61.4 Å². The van der Waals surface area contributed by atoms with Gasteiger partial charge in [0, 0.05) is 39.0 Å². The molecule has 6 heteroatoms. The van der Waals surface area contributed by atoms with Crippen LogP contribution in [-0.4, -0.2) is 29.5 Å². The molecule has 2 aromatic heterocycles. The van der Waals surface area contributed by atoms with Gasteiger partial charge < -0.3 is 0 Å². The molecular weight excluding hydrogens is 841 g/mol. The Morgan fingerprint density at radius 2 is 0.638 bits per heavy atom. The highest BCUT2D eigenvalue weighted by atomic mass is 15.3. The predicted molar refractivity (Wildman–Crippen MR) is 281 cm³/mol. The summed E-state index contributed by atoms with van der Waals surface area (Å²) in [6.45, 7) is 4.73. The second-order valence-corrected chi connectivity index (χ2v) is 18.3. The first-order chi connectivity index (χ1) is 34.0. The first-order valence-corrected chi connectivity index (χ1v) is 23.5. The fourth-order valence-corrected chi connectivity index (χ4v) is 10.7. The van der Waals surface area contributed by atoms with Gasteiger partial charge in [-0.25, -0.2) is 0 Å². The average molecular weight is 885 g/mol. The molecule has 1 aliphatic carbocycles. The molecule has 0 amide bonds. The molecule has 12 aromatic rings. The number of nitrogens with zero attached hydrogens (tertiary/aromatic N) is 6. The van der Waals surface area contributed by atoms with E-state index in [4.69, 9.17) is 20.4 Å². The second-order valence-electron chi connectivity index (χ2n) is 18.3. The first-order valence-electron chi connectivity index (χ1n) is 23.5. The largest absolute Gasteiger partial charge is 0.275 e. The van der Waals surface area contributed by atoms with E-state index in [-0.39, 0.29) is 5.41 Å². The summed E-state index contributed by atoms with van der Waals surface area (Å²) < 4.78 is 4.35. The fraction of sp³-hybridized carbons (Fsp3) is 0.0476. The molecule has 0 spiro atoms. The van der Waals surface area contributed by atoms with Gasteiger partial charge in [0.2, 0.25) is 0 Å². The standard InChI is InChI=1S/C63H44N6/c1-63(2)55-30-18-17-27-49(55)52-39-53-54(40-56(52)63)58(42-33-37-48(38-34-42)69-61(45-23-11-5-12-24-45)66-67-62(69)46-25-13-6-14-26-46)51-29-16-15-28-50(51)57(53)41-31-35-47(36-32-41)68-59(43-19-7-3-8-20-43)64-65-60(68)44-21-9-4-10-22-44/h3-40H,1-2H3. The van der Waals surface area contributed by atoms with Gasteiger partial charge in [0.05, 0.1) is 0 Å². The van der Waals surface area contributed by atoms with Crippen LogP contribution < -0.4 is 0 Å². The molecule has 0 N–H and O–H groups in total. The van der Waals surface area contributed by atoms with Crippen LogP contribution in [0.3, 0.4) is 0 Å². The summed E-state index contributed by atoms with van der Waals surface area (Å²) in [5, 5.41) is 23.9. The van der Waals surface area contributed by atoms with E-state index in [1.165, 1.54) is 54.9 Å². The summed E-state index contributed by atoms with van der Waals surface area (Å²) in [7, 11) is 0. The highest BCUT2D eigenvalue weighted by molar-refractivity contribution is 6.22. The lowest BCUT2D eigenvalue weighted by Crippen LogP contribution is -2.14. The van der Waals surface area contributed by atoms with Gasteiger partial charge in [0.15, 0.2) is 23.3 Å². The number of aromatic nitrogens is 6. The molecule has 0 radical (unpaired) electrons. The van der Waals surface area contributed by atoms with Crippen LogP contribution in [0.15, 0.2) is 231 Å². The summed E-state index contributed by atoms with van der Waals surface area (Å²) in [5.41, 5.74) is 15.8. The molecular formula is C63H44N6. The third-order valence-corrected chi connectivity index (χ3v) is 14.0. The normalized spacial score (nSPS) is 12.6. The van der Waals surface area contributed by atoms with Crippen LogP contribution in [0.25, 0.3) is 112 Å². The maximum Gasteiger partial charge on any atom is 0.168 e. The van der Waals surface area contributed by atoms with Crippen LogP contribution >= 0.6 is 0 Å². The van der Waals surface area contributed by atoms with Gasteiger partial charge >= 0.3 is 0 Å². The SMILES string of the molecule is CC1(C)c2ccccc2-c2cc3c(-c4ccc(-n5c(-c6ccccc6)nnc5-c5ccccc5)cc4)c4ccccc4c(-c4ccc(-n5c(-c6ccccc6)nnc5-c5ccccc5)cc4)c3cc21. The Morgan fingerprint density at radius 3 is 1.04 bits per heavy atom. The molecule has 0 unspecified atom stereocenters. The average Bonchev–Trinajstić information content (AvgIpc) is 4.12. The highest BCUT2D eigenvalue weighted by Crippen LogP contribution is 2.53. The van der Waals surface area contributed by atoms with Crippen molar-refractivity contribution in [2.45, 2.75) is 19.3 Å². The second kappa shape index (κ2) is 16.1. The van der Waals surface area contributed by atoms with Crippen molar-refractivity contribution in [1.82, 2.24) is 29.5 Å². The summed E-state index contributed by atoms with van der Waals surface area (Å²) >= 11 is 0. The zero-order valence-electron chi connectivity index (χ0n) is 38.1. The van der Waals surface area contributed by atoms with Crippen molar-refractivity contribution in [3.63, 3.8) is 0 Å². The number of benzene rings is 10. The lowest BCUT2D eigenvalue weighted by Gasteiger charge is -2.24. The van der Waals surface area contributed by atoms with E-state index in [0.29, 0.717) is 0 Å². The third-order valence-electron chi connectivity index (χ3n) is 14.0. The summed E-state index contributed by atoms with van der Waals surface area (Å²) in [6.07, 6.45) is 0. The summed E-state index contributed by atoms with van der Waals surface area (Å²) in [5.74, 6) is 3.18. The molecule has 13 rings (SSSR count). The van der Waals surface area contributed by atoms with Crippen molar-refractivity contribution < 1.29 is 0 Å². The minimum atomic E-state index is -0.184. The van der Waals surface area contributed by atoms with E-state index in [1.54, 1.807) is 0 Å². The van der Waals surface area contributed by atoms with Crippen molar-refractivity contribution in [3.05, 3.63) is 242 Å². The minimum absolute atomic E-state index is 0.184. The van der Waals surface area contributed by atoms with Crippen LogP contribution in [0.5, 0.6) is 0 Å². The van der Waals surface area contributed by atoms with Crippen molar-refractivity contribution in [2.24, 2.45) is 0 Å². The van der Waals surface area contributed by atoms with Crippen LogP contribution in [0.4, 0.5) is 0 Å². The Bertz CT molecular complexity index is 3760. The summed E-state index contributed by atoms with van der Waals surface area (Å²) in [4.78, 5) is 0. The van der Waals surface area contributed by atoms with E-state index in [0.717, 1.165) is 68.1 Å². The lowest BCUT2D eigenvalue weighted by molar-refractivity contribution is 0.661. The molecule has 2 heterocycles. The highest BCUT2D eigenvalue weighted by Gasteiger charge is 2.36. The van der Waals surface area contributed by atoms with E-state index >= 15 is 0 Å². The van der Waals surface area contributed by atoms with Crippen molar-refractivity contribution in [2.75, 3.05) is 0 Å². The van der Waals surface area contributed by atoms with Crippen LogP contribution in [0, 0.1) is 0 Å². The molecule has 0 fully saturated rings. The predicted octanol–water partition coefficient (Wildman–Crippen LogP) is 15.5. The Kier molecular flexibility index (Phi) is 9.41. The van der Waals surface area contributed by atoms with Crippen molar-refractivity contribution >= 4 is 21.5 Å². The Labute approximate surface area is 400 Å². The van der Waals surface area contributed by atoms with E-state index in [1.807, 2.05) is 72.8 Å². The van der Waals surface area contributed by atoms with Gasteiger partial charge in [-0.2, -0.15) is 0 Å². The molecule has 69 heavy (non-hydrogen) atoms. The Hall–Kier alpha value is -9.00. The third kappa shape index (κ3) is 6.56. The van der Waals surface area contributed by atoms with Gasteiger partial charge in [0.25, 0.3) is 0 Å². The van der Waals surface area contributed by atoms with Gasteiger partial charge in [0.1, 0.15) is 0 Å². The smallest absolute Gasteiger partial charge is 0.168 e. The lowest BCUT2D eigenvalue weighted by atomic mass is 9.79. The number of hydrogen-bond donors (Lipinski definition) is 0. The van der Waals surface area contributed by atoms with E-state index in [9.17, 15) is 0 Å². The maximum absolute atomic E-state index is 4.77. The molecule has 10 aromatic carbocycles. The maximum atomic E-state index is 4.77. The van der Waals surface area contributed by atoms with Crippen molar-refractivity contribution in [1.29, 1.82) is 0 Å². The van der Waals surface area contributed by atoms with E-state index < -0.39 is 0 Å². The van der Waals surface area contributed by atoms with Crippen molar-refractivity contribution in [3.8, 4) is 90.3 Å². The van der Waals surface area contributed by atoms with E-state index in [2.05, 4.69) is 181 Å². The Balaban J connectivity index is 1.02. The first kappa shape index (κ1) is 40.3. The van der Waals surface area contributed by atoms with Gasteiger partial charge in [-0.1, -0.05) is 208 Å². The number of hydrogen-bond acceptors (Lipinski definition) is 4. The molecule has 0 saturated heterocycles. The van der Waals surface area contributed by atoms with Gasteiger partial charge in [-0.3, -0.25) is 9.13 Å². The zero-order valence-corrected chi connectivity index (χ0v) is 38.1. The van der Waals surface area contributed by atoms with Crippen LogP contribution in [-0.2, 0) is 5.41 Å². The van der Waals surface area contributed by atoms with Crippen LogP contribution in [0.2, 0.25) is 0 Å². The summed E-state index contributed by atoms with van der Waals surface area (Å²) in [6, 6.07) is 82.0. The molecule has 326 valence electrons. The number of fused-ring (bicyclic) bond motifs is 5. The van der Waals surface area contributed by atoms with Crippen LogP contribution in [0.1, 0.15) is 25.0 Å². The monoisotopic (exact) mass is 884 g/mol. The molecule has 1 aliphatic rings. The fourth-order valence-electron chi connectivity index (χ4n) is 10.7. The van der Waals surface area contributed by atoms with Gasteiger partial charge in [-0.15, -0.1) is 20.4 Å². The van der Waals surface area contributed by atoms with Gasteiger partial charge in [-0.05, 0) is 102 Å². The number of rotatable bonds is 8. The molecule has 0 atom stereocenters. The minimum Gasteiger partial charge on any atom is -0.275 e. The zero-order chi connectivity index (χ0) is 46.1. The quantitative estimate of drug-likeness (QED) is 0.143. The Morgan fingerprint density at radius 1 is 0.290 bits per heavy atom. The molecule has 0 aliphatic heterocycles. The molecule has 0 saturated carbocycles. The molecule has 0 bridgehead atoms.